The minimum atomic E-state index is -0.402. The molecule has 178 valence electrons. The van der Waals surface area contributed by atoms with Gasteiger partial charge in [0.25, 0.3) is 5.91 Å². The van der Waals surface area contributed by atoms with E-state index < -0.39 is 5.91 Å². The summed E-state index contributed by atoms with van der Waals surface area (Å²) in [4.78, 5) is 24.0. The van der Waals surface area contributed by atoms with Gasteiger partial charge in [0.2, 0.25) is 0 Å². The first-order chi connectivity index (χ1) is 17.4. The van der Waals surface area contributed by atoms with E-state index in [0.29, 0.717) is 10.7 Å². The van der Waals surface area contributed by atoms with E-state index in [1.54, 1.807) is 23.4 Å². The Morgan fingerprint density at radius 3 is 2.50 bits per heavy atom. The number of hydrogen-bond donors (Lipinski definition) is 2. The first-order valence-corrected chi connectivity index (χ1v) is 11.7. The molecule has 0 fully saturated rings. The average molecular weight is 496 g/mol. The topological polar surface area (TPSA) is 86.6 Å². The molecule has 3 aromatic carbocycles. The summed E-state index contributed by atoms with van der Waals surface area (Å²) in [6.45, 7) is 2.25. The molecular formula is C29H22ClN3O3. The van der Waals surface area contributed by atoms with E-state index in [2.05, 4.69) is 11.1 Å². The maximum absolute atomic E-state index is 13.5. The van der Waals surface area contributed by atoms with Crippen molar-refractivity contribution in [2.45, 2.75) is 13.5 Å². The summed E-state index contributed by atoms with van der Waals surface area (Å²) in [5, 5.41) is 21.6. The van der Waals surface area contributed by atoms with E-state index in [1.807, 2.05) is 55.5 Å². The van der Waals surface area contributed by atoms with Gasteiger partial charge in [0.05, 0.1) is 23.3 Å². The fourth-order valence-corrected chi connectivity index (χ4v) is 4.33. The molecule has 0 unspecified atom stereocenters. The van der Waals surface area contributed by atoms with Gasteiger partial charge in [0.15, 0.2) is 0 Å². The molecule has 0 aliphatic rings. The van der Waals surface area contributed by atoms with Gasteiger partial charge in [-0.25, -0.2) is 4.98 Å². The van der Waals surface area contributed by atoms with Gasteiger partial charge in [0, 0.05) is 40.1 Å². The molecule has 0 atom stereocenters. The third kappa shape index (κ3) is 4.72. The number of benzene rings is 3. The van der Waals surface area contributed by atoms with Crippen LogP contribution in [0.5, 0.6) is 11.5 Å². The Labute approximate surface area is 213 Å². The van der Waals surface area contributed by atoms with Crippen molar-refractivity contribution < 1.29 is 15.0 Å². The SMILES string of the molecule is Cc1cc2cc(Cl)ccc2nc1-c1ccc(N(Cc2cccnc2)C(=O)c2ccc(O)cc2O)cc1. The number of aryl methyl sites for hydroxylation is 1. The largest absolute Gasteiger partial charge is 0.508 e. The van der Waals surface area contributed by atoms with Crippen LogP contribution in [0, 0.1) is 6.92 Å². The molecular weight excluding hydrogens is 474 g/mol. The van der Waals surface area contributed by atoms with Crippen molar-refractivity contribution in [2.75, 3.05) is 4.90 Å². The predicted molar refractivity (Wildman–Crippen MR) is 141 cm³/mol. The van der Waals surface area contributed by atoms with Crippen molar-refractivity contribution >= 4 is 34.1 Å². The zero-order valence-electron chi connectivity index (χ0n) is 19.4. The fourth-order valence-electron chi connectivity index (χ4n) is 4.15. The minimum Gasteiger partial charge on any atom is -0.508 e. The quantitative estimate of drug-likeness (QED) is 0.290. The molecule has 0 spiro atoms. The van der Waals surface area contributed by atoms with E-state index in [0.717, 1.165) is 39.4 Å². The third-order valence-corrected chi connectivity index (χ3v) is 6.18. The second-order valence-electron chi connectivity index (χ2n) is 8.49. The molecule has 2 heterocycles. The highest BCUT2D eigenvalue weighted by Crippen LogP contribution is 2.31. The third-order valence-electron chi connectivity index (χ3n) is 5.94. The van der Waals surface area contributed by atoms with Crippen LogP contribution in [0.2, 0.25) is 5.02 Å². The zero-order valence-corrected chi connectivity index (χ0v) is 20.1. The van der Waals surface area contributed by atoms with Crippen LogP contribution in [0.25, 0.3) is 22.2 Å². The number of fused-ring (bicyclic) bond motifs is 1. The van der Waals surface area contributed by atoms with E-state index in [1.165, 1.54) is 12.1 Å². The summed E-state index contributed by atoms with van der Waals surface area (Å²) in [5.74, 6) is -0.808. The van der Waals surface area contributed by atoms with Gasteiger partial charge >= 0.3 is 0 Å². The second-order valence-corrected chi connectivity index (χ2v) is 8.93. The fraction of sp³-hybridized carbons (Fsp3) is 0.0690. The molecule has 1 amide bonds. The molecule has 6 nitrogen and oxygen atoms in total. The molecule has 36 heavy (non-hydrogen) atoms. The van der Waals surface area contributed by atoms with Crippen LogP contribution < -0.4 is 4.90 Å². The highest BCUT2D eigenvalue weighted by Gasteiger charge is 2.22. The van der Waals surface area contributed by atoms with Crippen molar-refractivity contribution in [3.05, 3.63) is 113 Å². The molecule has 5 rings (SSSR count). The van der Waals surface area contributed by atoms with Crippen LogP contribution in [0.4, 0.5) is 5.69 Å². The van der Waals surface area contributed by atoms with Crippen LogP contribution in [0.1, 0.15) is 21.5 Å². The monoisotopic (exact) mass is 495 g/mol. The van der Waals surface area contributed by atoms with Crippen molar-refractivity contribution in [3.63, 3.8) is 0 Å². The van der Waals surface area contributed by atoms with Crippen LogP contribution >= 0.6 is 11.6 Å². The molecule has 0 aliphatic carbocycles. The summed E-state index contributed by atoms with van der Waals surface area (Å²) in [6.07, 6.45) is 3.36. The Bertz CT molecular complexity index is 1570. The van der Waals surface area contributed by atoms with E-state index in [4.69, 9.17) is 16.6 Å². The Morgan fingerprint density at radius 2 is 1.78 bits per heavy atom. The predicted octanol–water partition coefficient (Wildman–Crippen LogP) is 6.52. The lowest BCUT2D eigenvalue weighted by molar-refractivity contribution is 0.0982. The van der Waals surface area contributed by atoms with E-state index in [9.17, 15) is 15.0 Å². The molecule has 2 aromatic heterocycles. The van der Waals surface area contributed by atoms with Gasteiger partial charge in [-0.2, -0.15) is 0 Å². The second kappa shape index (κ2) is 9.68. The number of anilines is 1. The first kappa shape index (κ1) is 23.3. The van der Waals surface area contributed by atoms with Crippen LogP contribution in [0.3, 0.4) is 0 Å². The highest BCUT2D eigenvalue weighted by molar-refractivity contribution is 6.31. The smallest absolute Gasteiger partial charge is 0.262 e. The molecule has 0 saturated carbocycles. The van der Waals surface area contributed by atoms with Crippen molar-refractivity contribution in [1.82, 2.24) is 9.97 Å². The number of phenolic OH excluding ortho intramolecular Hbond substituents is 2. The van der Waals surface area contributed by atoms with Gasteiger partial charge in [-0.15, -0.1) is 0 Å². The number of aromatic hydroxyl groups is 2. The van der Waals surface area contributed by atoms with Crippen LogP contribution in [-0.2, 0) is 6.54 Å². The summed E-state index contributed by atoms with van der Waals surface area (Å²) in [6, 6.07) is 22.8. The molecule has 0 radical (unpaired) electrons. The molecule has 2 N–H and O–H groups in total. The van der Waals surface area contributed by atoms with Crippen LogP contribution in [0.15, 0.2) is 91.3 Å². The lowest BCUT2D eigenvalue weighted by Gasteiger charge is -2.24. The zero-order chi connectivity index (χ0) is 25.2. The maximum Gasteiger partial charge on any atom is 0.262 e. The number of pyridine rings is 2. The molecule has 7 heteroatoms. The Balaban J connectivity index is 1.52. The molecule has 0 bridgehead atoms. The normalized spacial score (nSPS) is 10.9. The standard InChI is InChI=1S/C29H22ClN3O3/c1-18-13-21-14-22(30)6-11-26(21)32-28(18)20-4-7-23(8-5-20)33(17-19-3-2-12-31-16-19)29(36)25-10-9-24(34)15-27(25)35/h2-16,34-35H,17H2,1H3. The number of amides is 1. The Hall–Kier alpha value is -4.42. The number of aromatic nitrogens is 2. The lowest BCUT2D eigenvalue weighted by Crippen LogP contribution is -2.30. The Morgan fingerprint density at radius 1 is 0.972 bits per heavy atom. The van der Waals surface area contributed by atoms with E-state index in [-0.39, 0.29) is 23.6 Å². The van der Waals surface area contributed by atoms with Gasteiger partial charge in [0.1, 0.15) is 11.5 Å². The van der Waals surface area contributed by atoms with Gasteiger partial charge in [-0.1, -0.05) is 29.8 Å². The highest BCUT2D eigenvalue weighted by atomic mass is 35.5. The minimum absolute atomic E-state index is 0.0893. The molecule has 5 aromatic rings. The number of carbonyl (C=O) groups is 1. The van der Waals surface area contributed by atoms with Crippen LogP contribution in [-0.4, -0.2) is 26.1 Å². The van der Waals surface area contributed by atoms with E-state index >= 15 is 0 Å². The number of phenols is 2. The molecule has 0 aliphatic heterocycles. The molecule has 0 saturated heterocycles. The Kier molecular flexibility index (Phi) is 6.27. The van der Waals surface area contributed by atoms with Crippen molar-refractivity contribution in [1.29, 1.82) is 0 Å². The number of rotatable bonds is 5. The van der Waals surface area contributed by atoms with Crippen molar-refractivity contribution in [2.24, 2.45) is 0 Å². The number of halogens is 1. The summed E-state index contributed by atoms with van der Waals surface area (Å²) in [7, 11) is 0. The summed E-state index contributed by atoms with van der Waals surface area (Å²) in [5.41, 5.74) is 5.18. The van der Waals surface area contributed by atoms with Crippen molar-refractivity contribution in [3.8, 4) is 22.8 Å². The maximum atomic E-state index is 13.5. The number of hydrogen-bond acceptors (Lipinski definition) is 5. The van der Waals surface area contributed by atoms with Gasteiger partial charge < -0.3 is 15.1 Å². The average Bonchev–Trinajstić information content (AvgIpc) is 2.87. The summed E-state index contributed by atoms with van der Waals surface area (Å²) >= 11 is 6.13. The summed E-state index contributed by atoms with van der Waals surface area (Å²) < 4.78 is 0. The number of nitrogens with zero attached hydrogens (tertiary/aromatic N) is 3. The lowest BCUT2D eigenvalue weighted by atomic mass is 10.0. The number of carbonyl (C=O) groups excluding carboxylic acids is 1. The van der Waals surface area contributed by atoms with Gasteiger partial charge in [-0.05, 0) is 72.6 Å². The first-order valence-electron chi connectivity index (χ1n) is 11.3. The van der Waals surface area contributed by atoms with Gasteiger partial charge in [-0.3, -0.25) is 9.78 Å².